The summed E-state index contributed by atoms with van der Waals surface area (Å²) in [6, 6.07) is 2.53. The number of hydrogen-bond acceptors (Lipinski definition) is 5. The van der Waals surface area contributed by atoms with Gasteiger partial charge in [-0.05, 0) is 37.5 Å². The number of nitrogens with zero attached hydrogens (tertiary/aromatic N) is 3. The highest BCUT2D eigenvalue weighted by Gasteiger charge is 2.41. The van der Waals surface area contributed by atoms with Gasteiger partial charge in [-0.15, -0.1) is 11.8 Å². The lowest BCUT2D eigenvalue weighted by Gasteiger charge is -2.29. The number of hydrogen-bond donors (Lipinski definition) is 1. The maximum Gasteiger partial charge on any atom is 0.114 e. The smallest absolute Gasteiger partial charge is 0.114 e. The molecule has 2 unspecified atom stereocenters. The predicted molar refractivity (Wildman–Crippen MR) is 76.7 cm³/mol. The number of rotatable bonds is 6. The van der Waals surface area contributed by atoms with E-state index in [1.165, 1.54) is 0 Å². The standard InChI is InChI=1S/C14H20N4S/c1-2-18-14(11-15)6-3-4-12(14)5-9-19-13-10-16-7-8-17-13/h7-8,10,12,18H,2-6,9H2,1H3. The Kier molecular flexibility index (Phi) is 5.17. The summed E-state index contributed by atoms with van der Waals surface area (Å²) in [6.07, 6.45) is 9.55. The molecule has 0 saturated heterocycles. The van der Waals surface area contributed by atoms with Crippen molar-refractivity contribution in [2.75, 3.05) is 12.3 Å². The van der Waals surface area contributed by atoms with Gasteiger partial charge in [0.05, 0.1) is 12.3 Å². The number of aromatic nitrogens is 2. The molecular weight excluding hydrogens is 256 g/mol. The molecule has 0 bridgehead atoms. The molecule has 0 aromatic carbocycles. The Labute approximate surface area is 119 Å². The van der Waals surface area contributed by atoms with E-state index in [-0.39, 0.29) is 5.54 Å². The lowest BCUT2D eigenvalue weighted by atomic mass is 9.86. The van der Waals surface area contributed by atoms with Gasteiger partial charge in [-0.1, -0.05) is 13.3 Å². The van der Waals surface area contributed by atoms with E-state index in [1.54, 1.807) is 30.4 Å². The molecule has 1 fully saturated rings. The molecule has 1 aliphatic carbocycles. The van der Waals surface area contributed by atoms with Gasteiger partial charge in [-0.25, -0.2) is 4.98 Å². The first-order valence-corrected chi connectivity index (χ1v) is 7.84. The van der Waals surface area contributed by atoms with Crippen LogP contribution in [0.5, 0.6) is 0 Å². The third-order valence-corrected chi connectivity index (χ3v) is 4.71. The molecule has 19 heavy (non-hydrogen) atoms. The summed E-state index contributed by atoms with van der Waals surface area (Å²) in [4.78, 5) is 8.32. The lowest BCUT2D eigenvalue weighted by Crippen LogP contribution is -2.47. The zero-order valence-corrected chi connectivity index (χ0v) is 12.1. The first-order valence-electron chi connectivity index (χ1n) is 6.86. The van der Waals surface area contributed by atoms with E-state index < -0.39 is 0 Å². The molecule has 4 nitrogen and oxygen atoms in total. The predicted octanol–water partition coefficient (Wildman–Crippen LogP) is 2.63. The molecule has 1 aromatic heterocycles. The molecule has 1 N–H and O–H groups in total. The van der Waals surface area contributed by atoms with Crippen molar-refractivity contribution >= 4 is 11.8 Å². The molecule has 102 valence electrons. The highest BCUT2D eigenvalue weighted by atomic mass is 32.2. The van der Waals surface area contributed by atoms with Crippen LogP contribution in [0.1, 0.15) is 32.6 Å². The van der Waals surface area contributed by atoms with Crippen LogP contribution < -0.4 is 5.32 Å². The van der Waals surface area contributed by atoms with Crippen LogP contribution in [0.2, 0.25) is 0 Å². The first kappa shape index (κ1) is 14.3. The average molecular weight is 276 g/mol. The number of nitriles is 1. The van der Waals surface area contributed by atoms with Crippen LogP contribution in [0, 0.1) is 17.2 Å². The van der Waals surface area contributed by atoms with Gasteiger partial charge < -0.3 is 0 Å². The van der Waals surface area contributed by atoms with E-state index >= 15 is 0 Å². The molecule has 5 heteroatoms. The number of nitrogens with one attached hydrogen (secondary N) is 1. The van der Waals surface area contributed by atoms with E-state index in [9.17, 15) is 5.26 Å². The largest absolute Gasteiger partial charge is 0.299 e. The molecule has 0 amide bonds. The summed E-state index contributed by atoms with van der Waals surface area (Å²) >= 11 is 1.73. The zero-order valence-electron chi connectivity index (χ0n) is 11.3. The van der Waals surface area contributed by atoms with Crippen molar-refractivity contribution in [3.05, 3.63) is 18.6 Å². The van der Waals surface area contributed by atoms with Crippen LogP contribution in [0.15, 0.2) is 23.6 Å². The molecule has 0 aliphatic heterocycles. The van der Waals surface area contributed by atoms with Gasteiger partial charge in [0.25, 0.3) is 0 Å². The van der Waals surface area contributed by atoms with Crippen molar-refractivity contribution in [3.8, 4) is 6.07 Å². The van der Waals surface area contributed by atoms with E-state index in [0.717, 1.165) is 43.0 Å². The van der Waals surface area contributed by atoms with E-state index in [4.69, 9.17) is 0 Å². The van der Waals surface area contributed by atoms with Crippen molar-refractivity contribution < 1.29 is 0 Å². The SMILES string of the molecule is CCNC1(C#N)CCCC1CCSc1cnccn1. The second-order valence-electron chi connectivity index (χ2n) is 4.88. The highest BCUT2D eigenvalue weighted by Crippen LogP contribution is 2.38. The van der Waals surface area contributed by atoms with Crippen molar-refractivity contribution in [2.24, 2.45) is 5.92 Å². The number of thioether (sulfide) groups is 1. The summed E-state index contributed by atoms with van der Waals surface area (Å²) in [6.45, 7) is 2.93. The second-order valence-corrected chi connectivity index (χ2v) is 6.00. The minimum atomic E-state index is -0.294. The Hall–Kier alpha value is -1.12. The molecule has 0 spiro atoms. The topological polar surface area (TPSA) is 61.6 Å². The average Bonchev–Trinajstić information content (AvgIpc) is 2.84. The zero-order chi connectivity index (χ0) is 13.6. The Balaban J connectivity index is 1.87. The first-order chi connectivity index (χ1) is 9.30. The van der Waals surface area contributed by atoms with Crippen LogP contribution in [-0.4, -0.2) is 27.8 Å². The Morgan fingerprint density at radius 1 is 1.58 bits per heavy atom. The van der Waals surface area contributed by atoms with Gasteiger partial charge in [-0.2, -0.15) is 5.26 Å². The second kappa shape index (κ2) is 6.88. The van der Waals surface area contributed by atoms with Crippen molar-refractivity contribution in [2.45, 2.75) is 43.2 Å². The summed E-state index contributed by atoms with van der Waals surface area (Å²) in [5.74, 6) is 1.46. The summed E-state index contributed by atoms with van der Waals surface area (Å²) in [5.41, 5.74) is -0.294. The van der Waals surface area contributed by atoms with Crippen LogP contribution in [0.25, 0.3) is 0 Å². The Bertz CT molecular complexity index is 431. The van der Waals surface area contributed by atoms with Crippen LogP contribution in [0.4, 0.5) is 0 Å². The van der Waals surface area contributed by atoms with Gasteiger partial charge >= 0.3 is 0 Å². The Morgan fingerprint density at radius 3 is 3.16 bits per heavy atom. The summed E-state index contributed by atoms with van der Waals surface area (Å²) in [5, 5.41) is 13.9. The highest BCUT2D eigenvalue weighted by molar-refractivity contribution is 7.99. The van der Waals surface area contributed by atoms with Gasteiger partial charge in [-0.3, -0.25) is 10.3 Å². The molecule has 2 rings (SSSR count). The van der Waals surface area contributed by atoms with E-state index in [0.29, 0.717) is 5.92 Å². The van der Waals surface area contributed by atoms with E-state index in [1.807, 2.05) is 0 Å². The summed E-state index contributed by atoms with van der Waals surface area (Å²) in [7, 11) is 0. The van der Waals surface area contributed by atoms with Gasteiger partial charge in [0, 0.05) is 12.4 Å². The van der Waals surface area contributed by atoms with Crippen molar-refractivity contribution in [3.63, 3.8) is 0 Å². The van der Waals surface area contributed by atoms with Crippen molar-refractivity contribution in [1.29, 1.82) is 5.26 Å². The minimum absolute atomic E-state index is 0.294. The summed E-state index contributed by atoms with van der Waals surface area (Å²) < 4.78 is 0. The molecule has 1 aromatic rings. The van der Waals surface area contributed by atoms with Gasteiger partial charge in [0.15, 0.2) is 0 Å². The molecule has 2 atom stereocenters. The maximum atomic E-state index is 9.49. The van der Waals surface area contributed by atoms with Crippen LogP contribution >= 0.6 is 11.8 Å². The molecule has 1 aliphatic rings. The third kappa shape index (κ3) is 3.46. The van der Waals surface area contributed by atoms with Crippen molar-refractivity contribution in [1.82, 2.24) is 15.3 Å². The lowest BCUT2D eigenvalue weighted by molar-refractivity contribution is 0.317. The van der Waals surface area contributed by atoms with Crippen LogP contribution in [0.3, 0.4) is 0 Å². The maximum absolute atomic E-state index is 9.49. The minimum Gasteiger partial charge on any atom is -0.299 e. The fourth-order valence-corrected chi connectivity index (χ4v) is 3.75. The normalized spacial score (nSPS) is 26.2. The fraction of sp³-hybridized carbons (Fsp3) is 0.643. The third-order valence-electron chi connectivity index (χ3n) is 3.77. The molecule has 0 radical (unpaired) electrons. The monoisotopic (exact) mass is 276 g/mol. The van der Waals surface area contributed by atoms with Gasteiger partial charge in [0.1, 0.15) is 10.6 Å². The fourth-order valence-electron chi connectivity index (χ4n) is 2.87. The molecular formula is C14H20N4S. The van der Waals surface area contributed by atoms with E-state index in [2.05, 4.69) is 28.3 Å². The molecule has 1 heterocycles. The Morgan fingerprint density at radius 2 is 2.47 bits per heavy atom. The quantitative estimate of drug-likeness (QED) is 0.809. The van der Waals surface area contributed by atoms with Gasteiger partial charge in [0.2, 0.25) is 0 Å². The molecule has 1 saturated carbocycles. The van der Waals surface area contributed by atoms with Crippen LogP contribution in [-0.2, 0) is 0 Å².